The molecular weight excluding hydrogens is 228 g/mol. The van der Waals surface area contributed by atoms with Crippen molar-refractivity contribution in [1.82, 2.24) is 0 Å². The van der Waals surface area contributed by atoms with E-state index >= 15 is 0 Å². The SMILES string of the molecule is CO[C@H]1CC(COS(=O)(=O)O)O[C@@H](O)C1. The fourth-order valence-corrected chi connectivity index (χ4v) is 1.73. The second-order valence-corrected chi connectivity index (χ2v) is 4.35. The van der Waals surface area contributed by atoms with E-state index in [9.17, 15) is 13.5 Å². The van der Waals surface area contributed by atoms with Crippen molar-refractivity contribution in [2.24, 2.45) is 0 Å². The molecule has 90 valence electrons. The molecule has 15 heavy (non-hydrogen) atoms. The van der Waals surface area contributed by atoms with E-state index < -0.39 is 22.8 Å². The lowest BCUT2D eigenvalue weighted by atomic mass is 10.1. The van der Waals surface area contributed by atoms with Crippen molar-refractivity contribution in [3.63, 3.8) is 0 Å². The van der Waals surface area contributed by atoms with Gasteiger partial charge in [-0.2, -0.15) is 8.42 Å². The second-order valence-electron chi connectivity index (χ2n) is 3.25. The summed E-state index contributed by atoms with van der Waals surface area (Å²) in [7, 11) is -2.98. The normalized spacial score (nSPS) is 32.9. The lowest BCUT2D eigenvalue weighted by Crippen LogP contribution is -2.39. The van der Waals surface area contributed by atoms with E-state index in [1.54, 1.807) is 0 Å². The molecule has 8 heteroatoms. The highest BCUT2D eigenvalue weighted by atomic mass is 32.3. The van der Waals surface area contributed by atoms with Crippen LogP contribution in [0, 0.1) is 0 Å². The third-order valence-corrected chi connectivity index (χ3v) is 2.51. The largest absolute Gasteiger partial charge is 0.397 e. The molecule has 0 bridgehead atoms. The maximum absolute atomic E-state index is 10.3. The van der Waals surface area contributed by atoms with Crippen molar-refractivity contribution >= 4 is 10.4 Å². The quantitative estimate of drug-likeness (QED) is 0.629. The Bertz CT molecular complexity index is 288. The number of rotatable bonds is 4. The molecule has 0 amide bonds. The monoisotopic (exact) mass is 242 g/mol. The van der Waals surface area contributed by atoms with E-state index in [-0.39, 0.29) is 12.7 Å². The molecule has 7 nitrogen and oxygen atoms in total. The van der Waals surface area contributed by atoms with Crippen LogP contribution in [0.2, 0.25) is 0 Å². The Morgan fingerprint density at radius 1 is 1.47 bits per heavy atom. The summed E-state index contributed by atoms with van der Waals surface area (Å²) in [6, 6.07) is 0. The number of hydrogen-bond donors (Lipinski definition) is 2. The predicted octanol–water partition coefficient (Wildman–Crippen LogP) is -0.682. The second kappa shape index (κ2) is 5.19. The molecule has 0 aromatic carbocycles. The van der Waals surface area contributed by atoms with Crippen LogP contribution in [0.5, 0.6) is 0 Å². The third kappa shape index (κ3) is 4.87. The molecule has 1 aliphatic rings. The molecule has 1 rings (SSSR count). The standard InChI is InChI=1S/C7H14O7S/c1-12-5-2-6(14-7(8)3-5)4-13-15(9,10)11/h5-8H,2-4H2,1H3,(H,9,10,11)/t5-,6?,7+/m0/s1. The molecule has 1 heterocycles. The number of methoxy groups -OCH3 is 1. The van der Waals surface area contributed by atoms with Gasteiger partial charge < -0.3 is 14.6 Å². The smallest absolute Gasteiger partial charge is 0.381 e. The fraction of sp³-hybridized carbons (Fsp3) is 1.00. The summed E-state index contributed by atoms with van der Waals surface area (Å²) in [4.78, 5) is 0. The molecule has 3 atom stereocenters. The lowest BCUT2D eigenvalue weighted by molar-refractivity contribution is -0.199. The highest BCUT2D eigenvalue weighted by Gasteiger charge is 2.29. The van der Waals surface area contributed by atoms with Gasteiger partial charge in [0, 0.05) is 20.0 Å². The van der Waals surface area contributed by atoms with Gasteiger partial charge in [-0.1, -0.05) is 0 Å². The van der Waals surface area contributed by atoms with Crippen LogP contribution in [0.15, 0.2) is 0 Å². The molecule has 0 aromatic rings. The zero-order chi connectivity index (χ0) is 11.5. The minimum atomic E-state index is -4.47. The van der Waals surface area contributed by atoms with Gasteiger partial charge in [-0.15, -0.1) is 0 Å². The molecular formula is C7H14O7S. The van der Waals surface area contributed by atoms with Crippen molar-refractivity contribution in [1.29, 1.82) is 0 Å². The van der Waals surface area contributed by atoms with Crippen molar-refractivity contribution < 1.29 is 31.7 Å². The number of ether oxygens (including phenoxy) is 2. The van der Waals surface area contributed by atoms with Crippen LogP contribution < -0.4 is 0 Å². The van der Waals surface area contributed by atoms with E-state index in [4.69, 9.17) is 14.0 Å². The summed E-state index contributed by atoms with van der Waals surface area (Å²) < 4.78 is 43.1. The summed E-state index contributed by atoms with van der Waals surface area (Å²) in [5, 5.41) is 9.24. The zero-order valence-corrected chi connectivity index (χ0v) is 9.01. The molecule has 0 aromatic heterocycles. The fourth-order valence-electron chi connectivity index (χ4n) is 1.41. The maximum atomic E-state index is 10.3. The van der Waals surface area contributed by atoms with Crippen LogP contribution in [0.25, 0.3) is 0 Å². The van der Waals surface area contributed by atoms with Crippen molar-refractivity contribution in [3.05, 3.63) is 0 Å². The third-order valence-electron chi connectivity index (χ3n) is 2.08. The van der Waals surface area contributed by atoms with Gasteiger partial charge >= 0.3 is 10.4 Å². The predicted molar refractivity (Wildman–Crippen MR) is 48.4 cm³/mol. The molecule has 1 fully saturated rings. The summed E-state index contributed by atoms with van der Waals surface area (Å²) >= 11 is 0. The van der Waals surface area contributed by atoms with E-state index in [2.05, 4.69) is 4.18 Å². The van der Waals surface area contributed by atoms with Crippen molar-refractivity contribution in [3.8, 4) is 0 Å². The van der Waals surface area contributed by atoms with Crippen LogP contribution in [-0.2, 0) is 24.1 Å². The minimum Gasteiger partial charge on any atom is -0.381 e. The Morgan fingerprint density at radius 3 is 2.67 bits per heavy atom. The Kier molecular flexibility index (Phi) is 4.44. The van der Waals surface area contributed by atoms with Crippen LogP contribution in [-0.4, -0.2) is 50.3 Å². The van der Waals surface area contributed by atoms with E-state index in [0.717, 1.165) is 0 Å². The minimum absolute atomic E-state index is 0.205. The summed E-state index contributed by atoms with van der Waals surface area (Å²) in [6.07, 6.45) is -1.08. The van der Waals surface area contributed by atoms with Crippen LogP contribution in [0.3, 0.4) is 0 Å². The van der Waals surface area contributed by atoms with E-state index in [0.29, 0.717) is 12.8 Å². The van der Waals surface area contributed by atoms with Gasteiger partial charge in [0.2, 0.25) is 0 Å². The molecule has 1 unspecified atom stereocenters. The summed E-state index contributed by atoms with van der Waals surface area (Å²) in [5.74, 6) is 0. The molecule has 0 radical (unpaired) electrons. The van der Waals surface area contributed by atoms with Gasteiger partial charge in [0.05, 0.1) is 18.8 Å². The first-order valence-electron chi connectivity index (χ1n) is 4.39. The average Bonchev–Trinajstić information content (AvgIpc) is 2.13. The Labute approximate surface area is 87.9 Å². The molecule has 0 spiro atoms. The molecule has 1 aliphatic heterocycles. The highest BCUT2D eigenvalue weighted by Crippen LogP contribution is 2.20. The van der Waals surface area contributed by atoms with Crippen molar-refractivity contribution in [2.45, 2.75) is 31.3 Å². The van der Waals surface area contributed by atoms with E-state index in [1.165, 1.54) is 7.11 Å². The van der Waals surface area contributed by atoms with Gasteiger partial charge in [0.25, 0.3) is 0 Å². The van der Waals surface area contributed by atoms with Gasteiger partial charge in [-0.05, 0) is 0 Å². The van der Waals surface area contributed by atoms with Crippen LogP contribution in [0.1, 0.15) is 12.8 Å². The van der Waals surface area contributed by atoms with Gasteiger partial charge in [-0.25, -0.2) is 4.18 Å². The summed E-state index contributed by atoms with van der Waals surface area (Å²) in [5.41, 5.74) is 0. The van der Waals surface area contributed by atoms with E-state index in [1.807, 2.05) is 0 Å². The molecule has 1 saturated heterocycles. The molecule has 0 saturated carbocycles. The highest BCUT2D eigenvalue weighted by molar-refractivity contribution is 7.80. The van der Waals surface area contributed by atoms with Gasteiger partial charge in [0.1, 0.15) is 0 Å². The van der Waals surface area contributed by atoms with Gasteiger partial charge in [-0.3, -0.25) is 4.55 Å². The number of aliphatic hydroxyl groups excluding tert-OH is 1. The lowest BCUT2D eigenvalue weighted by Gasteiger charge is -2.31. The topological polar surface area (TPSA) is 102 Å². The maximum Gasteiger partial charge on any atom is 0.397 e. The molecule has 0 aliphatic carbocycles. The number of hydrogen-bond acceptors (Lipinski definition) is 6. The Hall–Kier alpha value is -0.250. The average molecular weight is 242 g/mol. The van der Waals surface area contributed by atoms with Crippen molar-refractivity contribution in [2.75, 3.05) is 13.7 Å². The zero-order valence-electron chi connectivity index (χ0n) is 8.20. The Balaban J connectivity index is 2.41. The van der Waals surface area contributed by atoms with Gasteiger partial charge in [0.15, 0.2) is 6.29 Å². The summed E-state index contributed by atoms with van der Waals surface area (Å²) in [6.45, 7) is -0.338. The van der Waals surface area contributed by atoms with Crippen LogP contribution in [0.4, 0.5) is 0 Å². The first-order chi connectivity index (χ1) is 6.90. The molecule has 2 N–H and O–H groups in total. The first kappa shape index (κ1) is 12.8. The Morgan fingerprint density at radius 2 is 2.13 bits per heavy atom. The number of aliphatic hydroxyl groups is 1. The first-order valence-corrected chi connectivity index (χ1v) is 5.75. The van der Waals surface area contributed by atoms with Crippen LogP contribution >= 0.6 is 0 Å².